The normalized spacial score (nSPS) is 10.4. The standard InChI is InChI=1S/C11H10N2O3/c1-6-3-4-8(5-7(6)2)9-12-13-10(16-9)11(14)15/h3-5H,1-2H3,(H,14,15). The number of nitrogens with zero attached hydrogens (tertiary/aromatic N) is 2. The Morgan fingerprint density at radius 3 is 2.56 bits per heavy atom. The van der Waals surface area contributed by atoms with E-state index in [1.54, 1.807) is 0 Å². The maximum atomic E-state index is 10.6. The molecule has 1 heterocycles. The van der Waals surface area contributed by atoms with Gasteiger partial charge in [-0.15, -0.1) is 10.2 Å². The highest BCUT2D eigenvalue weighted by Crippen LogP contribution is 2.20. The number of aromatic nitrogens is 2. The lowest BCUT2D eigenvalue weighted by Crippen LogP contribution is -1.95. The Morgan fingerprint density at radius 1 is 1.25 bits per heavy atom. The van der Waals surface area contributed by atoms with E-state index in [1.165, 1.54) is 0 Å². The molecule has 0 radical (unpaired) electrons. The number of hydrogen-bond donors (Lipinski definition) is 1. The molecular formula is C11H10N2O3. The van der Waals surface area contributed by atoms with Crippen molar-refractivity contribution in [2.24, 2.45) is 0 Å². The molecule has 1 N–H and O–H groups in total. The molecule has 5 heteroatoms. The third kappa shape index (κ3) is 1.79. The van der Waals surface area contributed by atoms with Gasteiger partial charge in [0.1, 0.15) is 0 Å². The van der Waals surface area contributed by atoms with Crippen LogP contribution in [0.4, 0.5) is 0 Å². The third-order valence-electron chi connectivity index (χ3n) is 2.36. The van der Waals surface area contributed by atoms with Gasteiger partial charge in [0.25, 0.3) is 0 Å². The molecule has 1 aromatic carbocycles. The number of hydrogen-bond acceptors (Lipinski definition) is 4. The molecule has 0 amide bonds. The minimum atomic E-state index is -1.22. The van der Waals surface area contributed by atoms with E-state index < -0.39 is 11.9 Å². The fourth-order valence-corrected chi connectivity index (χ4v) is 1.30. The molecule has 0 fully saturated rings. The zero-order valence-corrected chi connectivity index (χ0v) is 8.89. The van der Waals surface area contributed by atoms with Gasteiger partial charge in [-0.1, -0.05) is 6.07 Å². The molecule has 2 aromatic rings. The van der Waals surface area contributed by atoms with Crippen molar-refractivity contribution in [2.45, 2.75) is 13.8 Å². The second-order valence-corrected chi connectivity index (χ2v) is 3.52. The number of rotatable bonds is 2. The van der Waals surface area contributed by atoms with Crippen LogP contribution in [0.1, 0.15) is 21.8 Å². The van der Waals surface area contributed by atoms with Crippen LogP contribution >= 0.6 is 0 Å². The minimum absolute atomic E-state index is 0.223. The number of carboxylic acids is 1. The van der Waals surface area contributed by atoms with Crippen LogP contribution in [0.3, 0.4) is 0 Å². The predicted octanol–water partition coefficient (Wildman–Crippen LogP) is 2.05. The minimum Gasteiger partial charge on any atom is -0.474 e. The molecule has 0 unspecified atom stereocenters. The van der Waals surface area contributed by atoms with Crippen LogP contribution in [0.2, 0.25) is 0 Å². The highest BCUT2D eigenvalue weighted by atomic mass is 16.4. The molecule has 16 heavy (non-hydrogen) atoms. The molecule has 0 aliphatic heterocycles. The summed E-state index contributed by atoms with van der Waals surface area (Å²) in [7, 11) is 0. The van der Waals surface area contributed by atoms with Crippen molar-refractivity contribution < 1.29 is 14.3 Å². The van der Waals surface area contributed by atoms with E-state index in [2.05, 4.69) is 10.2 Å². The zero-order valence-electron chi connectivity index (χ0n) is 8.89. The first-order valence-corrected chi connectivity index (χ1v) is 4.72. The van der Waals surface area contributed by atoms with Crippen molar-refractivity contribution >= 4 is 5.97 Å². The topological polar surface area (TPSA) is 76.2 Å². The number of aromatic carboxylic acids is 1. The lowest BCUT2D eigenvalue weighted by atomic mass is 10.1. The van der Waals surface area contributed by atoms with Crippen molar-refractivity contribution in [3.63, 3.8) is 0 Å². The lowest BCUT2D eigenvalue weighted by Gasteiger charge is -2.00. The molecule has 0 saturated heterocycles. The largest absolute Gasteiger partial charge is 0.474 e. The summed E-state index contributed by atoms with van der Waals surface area (Å²) < 4.78 is 5.00. The van der Waals surface area contributed by atoms with Gasteiger partial charge in [-0.25, -0.2) is 4.79 Å². The van der Waals surface area contributed by atoms with E-state index in [1.807, 2.05) is 32.0 Å². The van der Waals surface area contributed by atoms with Gasteiger partial charge in [0.15, 0.2) is 0 Å². The van der Waals surface area contributed by atoms with E-state index in [0.717, 1.165) is 16.7 Å². The van der Waals surface area contributed by atoms with Crippen LogP contribution in [0.25, 0.3) is 11.5 Å². The van der Waals surface area contributed by atoms with Gasteiger partial charge in [-0.05, 0) is 37.1 Å². The second-order valence-electron chi connectivity index (χ2n) is 3.52. The SMILES string of the molecule is Cc1ccc(-c2nnc(C(=O)O)o2)cc1C. The average Bonchev–Trinajstić information content (AvgIpc) is 2.71. The van der Waals surface area contributed by atoms with Crippen molar-refractivity contribution in [1.29, 1.82) is 0 Å². The smallest absolute Gasteiger partial charge is 0.393 e. The summed E-state index contributed by atoms with van der Waals surface area (Å²) in [4.78, 5) is 10.6. The third-order valence-corrected chi connectivity index (χ3v) is 2.36. The zero-order chi connectivity index (χ0) is 11.7. The summed E-state index contributed by atoms with van der Waals surface area (Å²) in [5, 5.41) is 15.8. The van der Waals surface area contributed by atoms with Crippen LogP contribution in [0.15, 0.2) is 22.6 Å². The fraction of sp³-hybridized carbons (Fsp3) is 0.182. The Hall–Kier alpha value is -2.17. The summed E-state index contributed by atoms with van der Waals surface area (Å²) in [6.07, 6.45) is 0. The number of aryl methyl sites for hydroxylation is 2. The highest BCUT2D eigenvalue weighted by molar-refractivity contribution is 5.82. The number of carboxylic acid groups (broad SMARTS) is 1. The number of carbonyl (C=O) groups is 1. The summed E-state index contributed by atoms with van der Waals surface area (Å²) in [6.45, 7) is 3.96. The van der Waals surface area contributed by atoms with Crippen molar-refractivity contribution in [3.8, 4) is 11.5 Å². The first kappa shape index (κ1) is 10.4. The monoisotopic (exact) mass is 218 g/mol. The molecule has 0 spiro atoms. The highest BCUT2D eigenvalue weighted by Gasteiger charge is 2.14. The van der Waals surface area contributed by atoms with Crippen molar-refractivity contribution in [1.82, 2.24) is 10.2 Å². The molecule has 2 rings (SSSR count). The Morgan fingerprint density at radius 2 is 2.00 bits per heavy atom. The molecule has 0 saturated carbocycles. The van der Waals surface area contributed by atoms with Gasteiger partial charge < -0.3 is 9.52 Å². The van der Waals surface area contributed by atoms with E-state index in [4.69, 9.17) is 9.52 Å². The second kappa shape index (κ2) is 3.77. The van der Waals surface area contributed by atoms with Crippen LogP contribution in [-0.4, -0.2) is 21.3 Å². The molecule has 1 aromatic heterocycles. The van der Waals surface area contributed by atoms with Gasteiger partial charge >= 0.3 is 11.9 Å². The van der Waals surface area contributed by atoms with Crippen molar-refractivity contribution in [2.75, 3.05) is 0 Å². The van der Waals surface area contributed by atoms with E-state index in [-0.39, 0.29) is 5.89 Å². The van der Waals surface area contributed by atoms with Crippen LogP contribution in [-0.2, 0) is 0 Å². The van der Waals surface area contributed by atoms with Crippen molar-refractivity contribution in [3.05, 3.63) is 35.2 Å². The van der Waals surface area contributed by atoms with Gasteiger partial charge in [0.2, 0.25) is 5.89 Å². The quantitative estimate of drug-likeness (QED) is 0.834. The average molecular weight is 218 g/mol. The number of benzene rings is 1. The molecule has 82 valence electrons. The lowest BCUT2D eigenvalue weighted by molar-refractivity contribution is 0.0654. The van der Waals surface area contributed by atoms with Crippen LogP contribution in [0.5, 0.6) is 0 Å². The Bertz CT molecular complexity index is 546. The van der Waals surface area contributed by atoms with Gasteiger partial charge in [-0.2, -0.15) is 0 Å². The van der Waals surface area contributed by atoms with Crippen LogP contribution in [0, 0.1) is 13.8 Å². The Balaban J connectivity index is 2.42. The first-order valence-electron chi connectivity index (χ1n) is 4.72. The predicted molar refractivity (Wildman–Crippen MR) is 56.2 cm³/mol. The molecule has 5 nitrogen and oxygen atoms in total. The first-order chi connectivity index (χ1) is 7.58. The summed E-state index contributed by atoms with van der Waals surface area (Å²) in [6, 6.07) is 5.63. The van der Waals surface area contributed by atoms with Crippen LogP contribution < -0.4 is 0 Å². The van der Waals surface area contributed by atoms with Gasteiger partial charge in [-0.3, -0.25) is 0 Å². The van der Waals surface area contributed by atoms with E-state index in [9.17, 15) is 4.79 Å². The molecule has 0 aliphatic rings. The van der Waals surface area contributed by atoms with E-state index in [0.29, 0.717) is 0 Å². The maximum absolute atomic E-state index is 10.6. The molecule has 0 atom stereocenters. The Labute approximate surface area is 91.7 Å². The summed E-state index contributed by atoms with van der Waals surface area (Å²) >= 11 is 0. The molecule has 0 bridgehead atoms. The molecule has 0 aliphatic carbocycles. The summed E-state index contributed by atoms with van der Waals surface area (Å²) in [5.41, 5.74) is 2.97. The fourth-order valence-electron chi connectivity index (χ4n) is 1.30. The Kier molecular flexibility index (Phi) is 2.44. The van der Waals surface area contributed by atoms with E-state index >= 15 is 0 Å². The maximum Gasteiger partial charge on any atom is 0.393 e. The molecular weight excluding hydrogens is 208 g/mol. The van der Waals surface area contributed by atoms with Gasteiger partial charge in [0, 0.05) is 5.56 Å². The summed E-state index contributed by atoms with van der Waals surface area (Å²) in [5.74, 6) is -1.39. The van der Waals surface area contributed by atoms with Gasteiger partial charge in [0.05, 0.1) is 0 Å².